The SMILES string of the molecule is CCC(=O)C[C@@H](C)N(C)C. The molecule has 0 rings (SSSR count). The van der Waals surface area contributed by atoms with E-state index in [0.717, 1.165) is 0 Å². The lowest BCUT2D eigenvalue weighted by molar-refractivity contribution is -0.119. The Morgan fingerprint density at radius 1 is 1.50 bits per heavy atom. The van der Waals surface area contributed by atoms with E-state index in [1.54, 1.807) is 0 Å². The lowest BCUT2D eigenvalue weighted by Crippen LogP contribution is -2.26. The first-order valence-electron chi connectivity index (χ1n) is 3.76. The molecule has 0 aliphatic heterocycles. The van der Waals surface area contributed by atoms with Crippen LogP contribution in [0.15, 0.2) is 0 Å². The highest BCUT2D eigenvalue weighted by Gasteiger charge is 2.07. The van der Waals surface area contributed by atoms with E-state index >= 15 is 0 Å². The van der Waals surface area contributed by atoms with Crippen molar-refractivity contribution in [2.45, 2.75) is 32.7 Å². The van der Waals surface area contributed by atoms with Crippen molar-refractivity contribution in [1.29, 1.82) is 0 Å². The number of carbonyl (C=O) groups is 1. The molecular formula is C8H17NO. The minimum Gasteiger partial charge on any atom is -0.306 e. The molecule has 0 saturated carbocycles. The zero-order chi connectivity index (χ0) is 8.15. The van der Waals surface area contributed by atoms with Gasteiger partial charge < -0.3 is 4.90 Å². The van der Waals surface area contributed by atoms with E-state index in [9.17, 15) is 4.79 Å². The maximum Gasteiger partial charge on any atom is 0.134 e. The molecule has 0 aromatic carbocycles. The second-order valence-electron chi connectivity index (χ2n) is 2.91. The van der Waals surface area contributed by atoms with Gasteiger partial charge in [0.25, 0.3) is 0 Å². The van der Waals surface area contributed by atoms with Gasteiger partial charge in [0.2, 0.25) is 0 Å². The molecule has 10 heavy (non-hydrogen) atoms. The Balaban J connectivity index is 3.57. The Hall–Kier alpha value is -0.370. The average Bonchev–Trinajstić information content (AvgIpc) is 1.87. The molecule has 2 heteroatoms. The van der Waals surface area contributed by atoms with Crippen LogP contribution in [0.25, 0.3) is 0 Å². The number of Topliss-reactive ketones (excluding diaryl/α,β-unsaturated/α-hetero) is 1. The van der Waals surface area contributed by atoms with Crippen LogP contribution in [0.5, 0.6) is 0 Å². The molecule has 60 valence electrons. The van der Waals surface area contributed by atoms with Crippen LogP contribution in [0.3, 0.4) is 0 Å². The molecule has 0 fully saturated rings. The summed E-state index contributed by atoms with van der Waals surface area (Å²) in [4.78, 5) is 13.0. The van der Waals surface area contributed by atoms with Crippen LogP contribution in [0.2, 0.25) is 0 Å². The van der Waals surface area contributed by atoms with Crippen molar-refractivity contribution in [1.82, 2.24) is 4.90 Å². The molecule has 0 aromatic rings. The molecule has 0 unspecified atom stereocenters. The molecule has 1 atom stereocenters. The van der Waals surface area contributed by atoms with Crippen molar-refractivity contribution in [2.24, 2.45) is 0 Å². The monoisotopic (exact) mass is 143 g/mol. The van der Waals surface area contributed by atoms with Crippen molar-refractivity contribution in [2.75, 3.05) is 14.1 Å². The summed E-state index contributed by atoms with van der Waals surface area (Å²) in [7, 11) is 3.99. The first-order valence-corrected chi connectivity index (χ1v) is 3.76. The van der Waals surface area contributed by atoms with Gasteiger partial charge in [0.1, 0.15) is 5.78 Å². The van der Waals surface area contributed by atoms with E-state index in [4.69, 9.17) is 0 Å². The van der Waals surface area contributed by atoms with Gasteiger partial charge in [-0.05, 0) is 21.0 Å². The van der Waals surface area contributed by atoms with Gasteiger partial charge in [-0.15, -0.1) is 0 Å². The van der Waals surface area contributed by atoms with Gasteiger partial charge in [0.15, 0.2) is 0 Å². The molecule has 0 N–H and O–H groups in total. The third kappa shape index (κ3) is 3.62. The fourth-order valence-electron chi connectivity index (χ4n) is 0.656. The largest absolute Gasteiger partial charge is 0.306 e. The van der Waals surface area contributed by atoms with Crippen molar-refractivity contribution in [3.05, 3.63) is 0 Å². The van der Waals surface area contributed by atoms with Crippen LogP contribution in [0.4, 0.5) is 0 Å². The summed E-state index contributed by atoms with van der Waals surface area (Å²) in [5, 5.41) is 0. The van der Waals surface area contributed by atoms with Gasteiger partial charge in [-0.25, -0.2) is 0 Å². The summed E-state index contributed by atoms with van der Waals surface area (Å²) in [6.45, 7) is 3.97. The molecule has 0 aromatic heterocycles. The van der Waals surface area contributed by atoms with Crippen LogP contribution in [-0.2, 0) is 4.79 Å². The standard InChI is InChI=1S/C8H17NO/c1-5-8(10)6-7(2)9(3)4/h7H,5-6H2,1-4H3/t7-/m1/s1. The van der Waals surface area contributed by atoms with Crippen molar-refractivity contribution < 1.29 is 4.79 Å². The Labute approximate surface area is 63.2 Å². The second-order valence-corrected chi connectivity index (χ2v) is 2.91. The van der Waals surface area contributed by atoms with Gasteiger partial charge in [-0.1, -0.05) is 6.92 Å². The van der Waals surface area contributed by atoms with Gasteiger partial charge in [-0.3, -0.25) is 4.79 Å². The maximum absolute atomic E-state index is 10.9. The van der Waals surface area contributed by atoms with Gasteiger partial charge in [0.05, 0.1) is 0 Å². The normalized spacial score (nSPS) is 13.7. The van der Waals surface area contributed by atoms with Crippen molar-refractivity contribution in [3.8, 4) is 0 Å². The van der Waals surface area contributed by atoms with Crippen LogP contribution < -0.4 is 0 Å². The first-order chi connectivity index (χ1) is 4.57. The van der Waals surface area contributed by atoms with E-state index in [-0.39, 0.29) is 0 Å². The molecule has 0 bridgehead atoms. The van der Waals surface area contributed by atoms with Gasteiger partial charge in [-0.2, -0.15) is 0 Å². The quantitative estimate of drug-likeness (QED) is 0.591. The molecule has 0 aliphatic rings. The second kappa shape index (κ2) is 4.45. The Morgan fingerprint density at radius 2 is 2.00 bits per heavy atom. The fraction of sp³-hybridized carbons (Fsp3) is 0.875. The highest BCUT2D eigenvalue weighted by Crippen LogP contribution is 2.00. The smallest absolute Gasteiger partial charge is 0.134 e. The molecule has 0 radical (unpaired) electrons. The summed E-state index contributed by atoms with van der Waals surface area (Å²) >= 11 is 0. The lowest BCUT2D eigenvalue weighted by atomic mass is 10.1. The van der Waals surface area contributed by atoms with E-state index in [1.807, 2.05) is 21.0 Å². The summed E-state index contributed by atoms with van der Waals surface area (Å²) in [5.41, 5.74) is 0. The number of carbonyl (C=O) groups excluding carboxylic acids is 1. The Morgan fingerprint density at radius 3 is 2.30 bits per heavy atom. The molecule has 0 amide bonds. The zero-order valence-corrected chi connectivity index (χ0v) is 7.35. The van der Waals surface area contributed by atoms with E-state index in [2.05, 4.69) is 11.8 Å². The van der Waals surface area contributed by atoms with Gasteiger partial charge >= 0.3 is 0 Å². The minimum atomic E-state index is 0.348. The fourth-order valence-corrected chi connectivity index (χ4v) is 0.656. The number of hydrogen-bond acceptors (Lipinski definition) is 2. The van der Waals surface area contributed by atoms with Crippen LogP contribution in [0, 0.1) is 0 Å². The first kappa shape index (κ1) is 9.63. The maximum atomic E-state index is 10.9. The van der Waals surface area contributed by atoms with E-state index in [1.165, 1.54) is 0 Å². The zero-order valence-electron chi connectivity index (χ0n) is 7.35. The molecule has 2 nitrogen and oxygen atoms in total. The Bertz CT molecular complexity index is 110. The topological polar surface area (TPSA) is 20.3 Å². The number of rotatable bonds is 4. The number of ketones is 1. The highest BCUT2D eigenvalue weighted by atomic mass is 16.1. The predicted octanol–water partition coefficient (Wildman–Crippen LogP) is 1.31. The third-order valence-electron chi connectivity index (χ3n) is 1.80. The van der Waals surface area contributed by atoms with E-state index in [0.29, 0.717) is 24.7 Å². The summed E-state index contributed by atoms with van der Waals surface area (Å²) < 4.78 is 0. The summed E-state index contributed by atoms with van der Waals surface area (Å²) in [6.07, 6.45) is 1.35. The number of nitrogens with zero attached hydrogens (tertiary/aromatic N) is 1. The van der Waals surface area contributed by atoms with Gasteiger partial charge in [0, 0.05) is 18.9 Å². The van der Waals surface area contributed by atoms with Crippen molar-refractivity contribution in [3.63, 3.8) is 0 Å². The lowest BCUT2D eigenvalue weighted by Gasteiger charge is -2.18. The number of hydrogen-bond donors (Lipinski definition) is 0. The molecule has 0 aliphatic carbocycles. The average molecular weight is 143 g/mol. The predicted molar refractivity (Wildman–Crippen MR) is 43.1 cm³/mol. The van der Waals surface area contributed by atoms with Crippen LogP contribution >= 0.6 is 0 Å². The summed E-state index contributed by atoms with van der Waals surface area (Å²) in [6, 6.07) is 0.382. The highest BCUT2D eigenvalue weighted by molar-refractivity contribution is 5.78. The van der Waals surface area contributed by atoms with Crippen LogP contribution in [-0.4, -0.2) is 30.8 Å². The van der Waals surface area contributed by atoms with E-state index < -0.39 is 0 Å². The summed E-state index contributed by atoms with van der Waals surface area (Å²) in [5.74, 6) is 0.348. The van der Waals surface area contributed by atoms with Crippen LogP contribution in [0.1, 0.15) is 26.7 Å². The Kier molecular flexibility index (Phi) is 4.28. The molecule has 0 saturated heterocycles. The molecular weight excluding hydrogens is 126 g/mol. The third-order valence-corrected chi connectivity index (χ3v) is 1.80. The minimum absolute atomic E-state index is 0.348. The molecule has 0 heterocycles. The molecule has 0 spiro atoms. The van der Waals surface area contributed by atoms with Crippen molar-refractivity contribution >= 4 is 5.78 Å².